The molecule has 0 unspecified atom stereocenters. The molecule has 0 bridgehead atoms. The second-order valence-electron chi connectivity index (χ2n) is 7.05. The molecule has 0 spiro atoms. The Morgan fingerprint density at radius 2 is 1.59 bits per heavy atom. The van der Waals surface area contributed by atoms with E-state index in [-0.39, 0.29) is 17.5 Å². The first-order chi connectivity index (χ1) is 14.2. The van der Waals surface area contributed by atoms with Crippen molar-refractivity contribution in [2.75, 3.05) is 39.3 Å². The van der Waals surface area contributed by atoms with Gasteiger partial charge in [0, 0.05) is 45.5 Å². The van der Waals surface area contributed by atoms with Gasteiger partial charge in [0.2, 0.25) is 0 Å². The fourth-order valence-electron chi connectivity index (χ4n) is 3.48. The molecular weight excluding hydrogens is 362 g/mol. The Hall–Kier alpha value is -3.14. The molecule has 6 nitrogen and oxygen atoms in total. The third kappa shape index (κ3) is 5.67. The number of rotatable bonds is 7. The van der Waals surface area contributed by atoms with E-state index >= 15 is 0 Å². The highest BCUT2D eigenvalue weighted by molar-refractivity contribution is 5.97. The van der Waals surface area contributed by atoms with E-state index in [0.29, 0.717) is 6.54 Å². The molecule has 1 amide bonds. The smallest absolute Gasteiger partial charge is 0.264 e. The monoisotopic (exact) mass is 389 g/mol. The number of hydrogen-bond acceptors (Lipinski definition) is 5. The summed E-state index contributed by atoms with van der Waals surface area (Å²) in [6, 6.07) is 21.3. The fourth-order valence-corrected chi connectivity index (χ4v) is 3.48. The van der Waals surface area contributed by atoms with Crippen molar-refractivity contribution < 1.29 is 4.79 Å². The van der Waals surface area contributed by atoms with Crippen LogP contribution < -0.4 is 11.1 Å². The summed E-state index contributed by atoms with van der Waals surface area (Å²) in [7, 11) is 0. The number of nitrogens with two attached hydrogens (primary N) is 1. The van der Waals surface area contributed by atoms with Crippen LogP contribution >= 0.6 is 0 Å². The zero-order valence-electron chi connectivity index (χ0n) is 16.5. The average molecular weight is 390 g/mol. The van der Waals surface area contributed by atoms with Crippen molar-refractivity contribution in [3.05, 3.63) is 83.6 Å². The van der Waals surface area contributed by atoms with Crippen LogP contribution in [0.5, 0.6) is 0 Å². The Morgan fingerprint density at radius 1 is 1.03 bits per heavy atom. The zero-order valence-corrected chi connectivity index (χ0v) is 16.5. The van der Waals surface area contributed by atoms with Crippen molar-refractivity contribution in [3.63, 3.8) is 0 Å². The summed E-state index contributed by atoms with van der Waals surface area (Å²) in [5.41, 5.74) is 7.68. The summed E-state index contributed by atoms with van der Waals surface area (Å²) in [4.78, 5) is 17.2. The van der Waals surface area contributed by atoms with E-state index in [1.165, 1.54) is 0 Å². The van der Waals surface area contributed by atoms with Crippen molar-refractivity contribution in [2.45, 2.75) is 6.04 Å². The highest BCUT2D eigenvalue weighted by Crippen LogP contribution is 2.22. The Bertz CT molecular complexity index is 812. The van der Waals surface area contributed by atoms with Gasteiger partial charge in [-0.05, 0) is 11.1 Å². The molecule has 1 fully saturated rings. The molecule has 0 saturated carbocycles. The van der Waals surface area contributed by atoms with E-state index in [2.05, 4.69) is 16.3 Å². The van der Waals surface area contributed by atoms with Gasteiger partial charge in [0.15, 0.2) is 0 Å². The van der Waals surface area contributed by atoms with E-state index in [9.17, 15) is 10.1 Å². The lowest BCUT2D eigenvalue weighted by atomic mass is 9.98. The van der Waals surface area contributed by atoms with Crippen molar-refractivity contribution in [1.29, 1.82) is 5.26 Å². The molecule has 0 aliphatic carbocycles. The Labute approximate surface area is 172 Å². The van der Waals surface area contributed by atoms with Crippen LogP contribution in [0, 0.1) is 11.3 Å². The van der Waals surface area contributed by atoms with Gasteiger partial charge in [-0.25, -0.2) is 0 Å². The molecule has 1 aliphatic heterocycles. The Balaban J connectivity index is 1.74. The summed E-state index contributed by atoms with van der Waals surface area (Å²) in [5, 5.41) is 12.6. The molecule has 3 N–H and O–H groups in total. The molecule has 3 rings (SSSR count). The summed E-state index contributed by atoms with van der Waals surface area (Å²) in [5.74, 6) is -0.366. The lowest BCUT2D eigenvalue weighted by Crippen LogP contribution is -2.46. The summed E-state index contributed by atoms with van der Waals surface area (Å²) in [6.07, 6.45) is 1.68. The van der Waals surface area contributed by atoms with Crippen LogP contribution in [0.15, 0.2) is 72.4 Å². The third-order valence-electron chi connectivity index (χ3n) is 5.07. The number of piperazine rings is 1. The predicted molar refractivity (Wildman–Crippen MR) is 114 cm³/mol. The van der Waals surface area contributed by atoms with E-state index in [1.54, 1.807) is 6.20 Å². The summed E-state index contributed by atoms with van der Waals surface area (Å²) >= 11 is 0. The minimum atomic E-state index is -0.366. The van der Waals surface area contributed by atoms with Crippen LogP contribution in [-0.2, 0) is 4.79 Å². The van der Waals surface area contributed by atoms with Crippen LogP contribution in [-0.4, -0.2) is 55.0 Å². The van der Waals surface area contributed by atoms with Crippen LogP contribution in [0.25, 0.3) is 0 Å². The molecule has 0 radical (unpaired) electrons. The van der Waals surface area contributed by atoms with Crippen LogP contribution in [0.1, 0.15) is 17.2 Å². The number of benzene rings is 2. The molecule has 29 heavy (non-hydrogen) atoms. The maximum atomic E-state index is 12.9. The number of amides is 1. The molecule has 6 heteroatoms. The molecule has 2 aromatic rings. The normalized spacial score (nSPS) is 15.2. The molecule has 1 aliphatic rings. The third-order valence-corrected chi connectivity index (χ3v) is 5.07. The minimum absolute atomic E-state index is 0.120. The van der Waals surface area contributed by atoms with Gasteiger partial charge in [-0.2, -0.15) is 5.26 Å². The quantitative estimate of drug-likeness (QED) is 0.558. The fraction of sp³-hybridized carbons (Fsp3) is 0.304. The van der Waals surface area contributed by atoms with Crippen molar-refractivity contribution >= 4 is 5.91 Å². The summed E-state index contributed by atoms with van der Waals surface area (Å²) < 4.78 is 0. The van der Waals surface area contributed by atoms with Crippen molar-refractivity contribution in [3.8, 4) is 6.07 Å². The standard InChI is InChI=1S/C23H27N5O/c24-11-12-27-13-15-28(16-14-27)18-21(17-25)23(29)26-22(19-7-3-1-4-8-19)20-9-5-2-6-10-20/h1-10,18,22H,11-16,24H2,(H,26,29)/b21-18-. The second kappa shape index (κ2) is 10.4. The first-order valence-corrected chi connectivity index (χ1v) is 9.90. The highest BCUT2D eigenvalue weighted by atomic mass is 16.1. The number of carbonyl (C=O) groups excluding carboxylic acids is 1. The SMILES string of the molecule is N#C/C(=C/N1CCN(CCN)CC1)C(=O)NC(c1ccccc1)c1ccccc1. The van der Waals surface area contributed by atoms with Gasteiger partial charge < -0.3 is 16.0 Å². The number of nitriles is 1. The second-order valence-corrected chi connectivity index (χ2v) is 7.05. The lowest BCUT2D eigenvalue weighted by Gasteiger charge is -2.33. The molecule has 150 valence electrons. The van der Waals surface area contributed by atoms with Gasteiger partial charge >= 0.3 is 0 Å². The number of hydrogen-bond donors (Lipinski definition) is 2. The van der Waals surface area contributed by atoms with Gasteiger partial charge in [-0.15, -0.1) is 0 Å². The number of carbonyl (C=O) groups is 1. The van der Waals surface area contributed by atoms with Crippen LogP contribution in [0.4, 0.5) is 0 Å². The van der Waals surface area contributed by atoms with Crippen molar-refractivity contribution in [1.82, 2.24) is 15.1 Å². The predicted octanol–water partition coefficient (Wildman–Crippen LogP) is 1.88. The maximum absolute atomic E-state index is 12.9. The molecule has 2 aromatic carbocycles. The van der Waals surface area contributed by atoms with Crippen LogP contribution in [0.3, 0.4) is 0 Å². The molecular formula is C23H27N5O. The van der Waals surface area contributed by atoms with Crippen molar-refractivity contribution in [2.24, 2.45) is 5.73 Å². The Kier molecular flexibility index (Phi) is 7.40. The average Bonchev–Trinajstić information content (AvgIpc) is 2.78. The van der Waals surface area contributed by atoms with Gasteiger partial charge in [0.25, 0.3) is 5.91 Å². The topological polar surface area (TPSA) is 85.4 Å². The highest BCUT2D eigenvalue weighted by Gasteiger charge is 2.21. The van der Waals surface area contributed by atoms with E-state index in [4.69, 9.17) is 5.73 Å². The van der Waals surface area contributed by atoms with E-state index in [1.807, 2.05) is 65.6 Å². The summed E-state index contributed by atoms with van der Waals surface area (Å²) in [6.45, 7) is 4.83. The maximum Gasteiger partial charge on any atom is 0.264 e. The first-order valence-electron chi connectivity index (χ1n) is 9.90. The van der Waals surface area contributed by atoms with Gasteiger partial charge in [0.05, 0.1) is 6.04 Å². The van der Waals surface area contributed by atoms with Crippen LogP contribution in [0.2, 0.25) is 0 Å². The molecule has 0 atom stereocenters. The number of nitrogens with zero attached hydrogens (tertiary/aromatic N) is 3. The van der Waals surface area contributed by atoms with Gasteiger partial charge in [0.1, 0.15) is 11.6 Å². The molecule has 1 saturated heterocycles. The molecule has 0 aromatic heterocycles. The number of nitrogens with one attached hydrogen (secondary N) is 1. The molecule has 1 heterocycles. The van der Waals surface area contributed by atoms with E-state index in [0.717, 1.165) is 43.9 Å². The minimum Gasteiger partial charge on any atom is -0.374 e. The van der Waals surface area contributed by atoms with E-state index < -0.39 is 0 Å². The van der Waals surface area contributed by atoms with Gasteiger partial charge in [-0.1, -0.05) is 60.7 Å². The zero-order chi connectivity index (χ0) is 20.5. The Morgan fingerprint density at radius 3 is 2.07 bits per heavy atom. The largest absolute Gasteiger partial charge is 0.374 e. The lowest BCUT2D eigenvalue weighted by molar-refractivity contribution is -0.117. The first kappa shape index (κ1) is 20.6. The van der Waals surface area contributed by atoms with Gasteiger partial charge in [-0.3, -0.25) is 9.69 Å².